The summed E-state index contributed by atoms with van der Waals surface area (Å²) in [7, 11) is -6.25. The van der Waals surface area contributed by atoms with Gasteiger partial charge in [-0.05, 0) is 41.5 Å². The van der Waals surface area contributed by atoms with Gasteiger partial charge in [0, 0.05) is 25.4 Å². The lowest BCUT2D eigenvalue weighted by atomic mass is 10.1. The fourth-order valence-corrected chi connectivity index (χ4v) is 5.93. The lowest BCUT2D eigenvalue weighted by Crippen LogP contribution is -2.48. The Morgan fingerprint density at radius 2 is 1.60 bits per heavy atom. The van der Waals surface area contributed by atoms with Gasteiger partial charge in [0.1, 0.15) is 4.90 Å². The molecule has 0 spiro atoms. The molecular formula is C24H23N3O6S2. The van der Waals surface area contributed by atoms with Crippen molar-refractivity contribution in [3.8, 4) is 0 Å². The number of nitrogens with zero attached hydrogens (tertiary/aromatic N) is 2. The Morgan fingerprint density at radius 3 is 2.23 bits per heavy atom. The van der Waals surface area contributed by atoms with Crippen LogP contribution in [-0.4, -0.2) is 46.4 Å². The van der Waals surface area contributed by atoms with Crippen molar-refractivity contribution >= 4 is 37.5 Å². The van der Waals surface area contributed by atoms with Crippen LogP contribution in [0.5, 0.6) is 0 Å². The second-order valence-electron chi connectivity index (χ2n) is 8.12. The van der Waals surface area contributed by atoms with Crippen molar-refractivity contribution in [2.24, 2.45) is 0 Å². The molecule has 3 amide bonds. The number of hydrogen-bond acceptors (Lipinski definition) is 6. The van der Waals surface area contributed by atoms with Crippen LogP contribution in [0.2, 0.25) is 0 Å². The maximum absolute atomic E-state index is 13.4. The highest BCUT2D eigenvalue weighted by atomic mass is 32.2. The van der Waals surface area contributed by atoms with Gasteiger partial charge in [0.15, 0.2) is 9.84 Å². The van der Waals surface area contributed by atoms with E-state index < -0.39 is 31.8 Å². The fourth-order valence-electron chi connectivity index (χ4n) is 3.67. The molecule has 1 aliphatic rings. The number of urea groups is 1. The Hall–Kier alpha value is -3.70. The maximum atomic E-state index is 13.4. The molecule has 1 N–H and O–H groups in total. The molecule has 0 aliphatic carbocycles. The van der Waals surface area contributed by atoms with Gasteiger partial charge < -0.3 is 5.32 Å². The summed E-state index contributed by atoms with van der Waals surface area (Å²) in [5.41, 5.74) is 1.63. The molecule has 9 nitrogen and oxygen atoms in total. The predicted molar refractivity (Wildman–Crippen MR) is 130 cm³/mol. The molecule has 3 aromatic rings. The van der Waals surface area contributed by atoms with E-state index in [0.717, 1.165) is 11.8 Å². The quantitative estimate of drug-likeness (QED) is 0.541. The van der Waals surface area contributed by atoms with Crippen LogP contribution in [0.3, 0.4) is 0 Å². The van der Waals surface area contributed by atoms with Gasteiger partial charge in [-0.15, -0.1) is 0 Å². The molecule has 1 aliphatic heterocycles. The summed E-state index contributed by atoms with van der Waals surface area (Å²) in [5, 5.41) is 2.76. The van der Waals surface area contributed by atoms with E-state index in [4.69, 9.17) is 0 Å². The van der Waals surface area contributed by atoms with Gasteiger partial charge in [0.05, 0.1) is 17.1 Å². The van der Waals surface area contributed by atoms with E-state index in [1.165, 1.54) is 54.4 Å². The molecule has 1 heterocycles. The van der Waals surface area contributed by atoms with Gasteiger partial charge in [-0.3, -0.25) is 9.69 Å². The number of rotatable bonds is 6. The van der Waals surface area contributed by atoms with Crippen LogP contribution < -0.4 is 10.2 Å². The number of hydrogen-bond donors (Lipinski definition) is 1. The van der Waals surface area contributed by atoms with E-state index in [0.29, 0.717) is 9.87 Å². The van der Waals surface area contributed by atoms with E-state index in [1.54, 1.807) is 0 Å². The lowest BCUT2D eigenvalue weighted by Gasteiger charge is -2.34. The van der Waals surface area contributed by atoms with Crippen LogP contribution in [-0.2, 0) is 33.0 Å². The molecule has 11 heteroatoms. The number of sulfone groups is 1. The molecule has 0 bridgehead atoms. The van der Waals surface area contributed by atoms with Crippen molar-refractivity contribution in [3.05, 3.63) is 89.5 Å². The first-order valence-electron chi connectivity index (χ1n) is 10.5. The normalized spacial score (nSPS) is 15.0. The standard InChI is InChI=1S/C24H23N3O6S2/c1-26-21-13-10-19(23(28)25-15-17-6-4-3-5-7-17)14-22(21)35(32,33)27(24(26)29)16-18-8-11-20(12-9-18)34(2,30)31/h3-14H,15-16H2,1-2H3,(H,25,28). The number of carbonyl (C=O) groups excluding carboxylic acids is 2. The smallest absolute Gasteiger partial charge is 0.338 e. The number of anilines is 1. The molecule has 0 atom stereocenters. The topological polar surface area (TPSA) is 121 Å². The van der Waals surface area contributed by atoms with Crippen LogP contribution >= 0.6 is 0 Å². The molecule has 0 unspecified atom stereocenters. The third-order valence-corrected chi connectivity index (χ3v) is 8.50. The van der Waals surface area contributed by atoms with Crippen LogP contribution in [0.4, 0.5) is 10.5 Å². The summed E-state index contributed by atoms with van der Waals surface area (Å²) >= 11 is 0. The second-order valence-corrected chi connectivity index (χ2v) is 12.0. The predicted octanol–water partition coefficient (Wildman–Crippen LogP) is 2.78. The van der Waals surface area contributed by atoms with Crippen molar-refractivity contribution in [1.29, 1.82) is 0 Å². The zero-order valence-electron chi connectivity index (χ0n) is 19.0. The summed E-state index contributed by atoms with van der Waals surface area (Å²) in [4.78, 5) is 26.7. The van der Waals surface area contributed by atoms with Crippen molar-refractivity contribution < 1.29 is 26.4 Å². The van der Waals surface area contributed by atoms with Gasteiger partial charge in [0.2, 0.25) is 0 Å². The largest absolute Gasteiger partial charge is 0.348 e. The third-order valence-electron chi connectivity index (χ3n) is 5.63. The number of sulfonamides is 1. The molecule has 0 fully saturated rings. The monoisotopic (exact) mass is 513 g/mol. The van der Waals surface area contributed by atoms with Gasteiger partial charge in [-0.1, -0.05) is 42.5 Å². The molecular weight excluding hydrogens is 490 g/mol. The number of fused-ring (bicyclic) bond motifs is 1. The van der Waals surface area contributed by atoms with E-state index in [-0.39, 0.29) is 34.1 Å². The highest BCUT2D eigenvalue weighted by molar-refractivity contribution is 7.90. The minimum atomic E-state index is -4.28. The highest BCUT2D eigenvalue weighted by Crippen LogP contribution is 2.35. The molecule has 35 heavy (non-hydrogen) atoms. The zero-order valence-corrected chi connectivity index (χ0v) is 20.6. The zero-order chi connectivity index (χ0) is 25.4. The van der Waals surface area contributed by atoms with E-state index in [2.05, 4.69) is 5.32 Å². The summed E-state index contributed by atoms with van der Waals surface area (Å²) in [6.45, 7) is -0.0169. The van der Waals surface area contributed by atoms with Crippen molar-refractivity contribution in [1.82, 2.24) is 9.62 Å². The number of carbonyl (C=O) groups is 2. The summed E-state index contributed by atoms with van der Waals surface area (Å²) in [5.74, 6) is -0.450. The number of amides is 3. The molecule has 0 radical (unpaired) electrons. The SMILES string of the molecule is CN1C(=O)N(Cc2ccc(S(C)(=O)=O)cc2)S(=O)(=O)c2cc(C(=O)NCc3ccccc3)ccc21. The Kier molecular flexibility index (Phi) is 6.39. The molecule has 0 saturated heterocycles. The van der Waals surface area contributed by atoms with Gasteiger partial charge >= 0.3 is 6.03 Å². The Morgan fingerprint density at radius 1 is 0.943 bits per heavy atom. The second kappa shape index (κ2) is 9.16. The summed E-state index contributed by atoms with van der Waals surface area (Å²) < 4.78 is 50.9. The van der Waals surface area contributed by atoms with Crippen molar-refractivity contribution in [2.45, 2.75) is 22.9 Å². The Labute approximate surface area is 204 Å². The average molecular weight is 514 g/mol. The average Bonchev–Trinajstić information content (AvgIpc) is 2.84. The Balaban J connectivity index is 1.62. The molecule has 182 valence electrons. The van der Waals surface area contributed by atoms with Crippen LogP contribution in [0.1, 0.15) is 21.5 Å². The van der Waals surface area contributed by atoms with E-state index >= 15 is 0 Å². The first-order chi connectivity index (χ1) is 16.5. The van der Waals surface area contributed by atoms with Crippen LogP contribution in [0.15, 0.2) is 82.6 Å². The third kappa shape index (κ3) is 4.91. The maximum Gasteiger partial charge on any atom is 0.338 e. The van der Waals surface area contributed by atoms with Crippen molar-refractivity contribution in [3.63, 3.8) is 0 Å². The number of nitrogens with one attached hydrogen (secondary N) is 1. The van der Waals surface area contributed by atoms with Gasteiger partial charge in [0.25, 0.3) is 15.9 Å². The van der Waals surface area contributed by atoms with E-state index in [9.17, 15) is 26.4 Å². The fraction of sp³-hybridized carbons (Fsp3) is 0.167. The molecule has 4 rings (SSSR count). The number of benzene rings is 3. The van der Waals surface area contributed by atoms with Crippen LogP contribution in [0.25, 0.3) is 0 Å². The first-order valence-corrected chi connectivity index (χ1v) is 13.9. The molecule has 0 aromatic heterocycles. The summed E-state index contributed by atoms with van der Waals surface area (Å²) in [6, 6.07) is 18.3. The van der Waals surface area contributed by atoms with Gasteiger partial charge in [-0.2, -0.15) is 0 Å². The van der Waals surface area contributed by atoms with E-state index in [1.807, 2.05) is 30.3 Å². The first kappa shape index (κ1) is 24.4. The highest BCUT2D eigenvalue weighted by Gasteiger charge is 2.40. The minimum Gasteiger partial charge on any atom is -0.348 e. The molecule has 3 aromatic carbocycles. The summed E-state index contributed by atoms with van der Waals surface area (Å²) in [6.07, 6.45) is 1.07. The van der Waals surface area contributed by atoms with Crippen LogP contribution in [0, 0.1) is 0 Å². The van der Waals surface area contributed by atoms with Gasteiger partial charge in [-0.25, -0.2) is 25.9 Å². The minimum absolute atomic E-state index is 0.0858. The Bertz CT molecular complexity index is 1500. The lowest BCUT2D eigenvalue weighted by molar-refractivity contribution is 0.0950. The molecule has 0 saturated carbocycles. The van der Waals surface area contributed by atoms with Crippen molar-refractivity contribution in [2.75, 3.05) is 18.2 Å².